The van der Waals surface area contributed by atoms with Crippen molar-refractivity contribution in [2.45, 2.75) is 0 Å². The Balaban J connectivity index is 2.39. The van der Waals surface area contributed by atoms with Gasteiger partial charge in [0.2, 0.25) is 0 Å². The summed E-state index contributed by atoms with van der Waals surface area (Å²) < 4.78 is 4.71. The zero-order valence-electron chi connectivity index (χ0n) is 13.3. The third kappa shape index (κ3) is 4.01. The van der Waals surface area contributed by atoms with Gasteiger partial charge in [-0.1, -0.05) is 24.3 Å². The first kappa shape index (κ1) is 17.3. The Hall–Kier alpha value is -4.08. The predicted molar refractivity (Wildman–Crippen MR) is 90.7 cm³/mol. The van der Waals surface area contributed by atoms with Crippen LogP contribution in [0.15, 0.2) is 59.8 Å². The van der Waals surface area contributed by atoms with Gasteiger partial charge >= 0.3 is 5.97 Å². The number of carbonyl (C=O) groups excluding carboxylic acids is 1. The van der Waals surface area contributed by atoms with E-state index < -0.39 is 5.97 Å². The van der Waals surface area contributed by atoms with E-state index in [1.807, 2.05) is 12.1 Å². The minimum Gasteiger partial charge on any atom is -0.465 e. The van der Waals surface area contributed by atoms with Crippen LogP contribution in [0, 0.1) is 34.0 Å². The fourth-order valence-corrected chi connectivity index (χ4v) is 2.15. The molecule has 0 aromatic heterocycles. The van der Waals surface area contributed by atoms with Gasteiger partial charge in [0.1, 0.15) is 23.9 Å². The van der Waals surface area contributed by atoms with E-state index in [4.69, 9.17) is 20.5 Å². The van der Waals surface area contributed by atoms with Gasteiger partial charge in [0.15, 0.2) is 5.57 Å². The lowest BCUT2D eigenvalue weighted by molar-refractivity contribution is 0.0601. The van der Waals surface area contributed by atoms with Crippen LogP contribution >= 0.6 is 0 Å². The van der Waals surface area contributed by atoms with Crippen LogP contribution in [0.4, 0.5) is 5.69 Å². The summed E-state index contributed by atoms with van der Waals surface area (Å²) in [6, 6.07) is 19.1. The molecule has 120 valence electrons. The molecule has 0 saturated heterocycles. The minimum absolute atomic E-state index is 0.120. The molecule has 2 rings (SSSR count). The smallest absolute Gasteiger partial charge is 0.337 e. The lowest BCUT2D eigenvalue weighted by atomic mass is 10.0. The van der Waals surface area contributed by atoms with Crippen LogP contribution < -0.4 is 5.32 Å². The van der Waals surface area contributed by atoms with E-state index in [0.717, 1.165) is 11.1 Å². The molecule has 0 aliphatic rings. The maximum Gasteiger partial charge on any atom is 0.337 e. The molecule has 0 aliphatic heterocycles. The van der Waals surface area contributed by atoms with Crippen molar-refractivity contribution in [2.75, 3.05) is 12.4 Å². The van der Waals surface area contributed by atoms with Gasteiger partial charge in [0.25, 0.3) is 0 Å². The first-order valence-electron chi connectivity index (χ1n) is 7.13. The number of carbonyl (C=O) groups is 1. The number of hydrogen-bond donors (Lipinski definition) is 1. The third-order valence-electron chi connectivity index (χ3n) is 3.33. The van der Waals surface area contributed by atoms with Gasteiger partial charge in [-0.25, -0.2) is 4.79 Å². The number of nitriles is 3. The molecule has 0 radical (unpaired) electrons. The predicted octanol–water partition coefficient (Wildman–Crippen LogP) is 3.38. The molecule has 0 atom stereocenters. The molecular weight excluding hydrogens is 316 g/mol. The molecule has 0 fully saturated rings. The summed E-state index contributed by atoms with van der Waals surface area (Å²) in [6.07, 6.45) is 0. The van der Waals surface area contributed by atoms with E-state index >= 15 is 0 Å². The molecule has 0 aliphatic carbocycles. The van der Waals surface area contributed by atoms with E-state index in [1.165, 1.54) is 7.11 Å². The first-order valence-corrected chi connectivity index (χ1v) is 7.13. The number of benzene rings is 2. The van der Waals surface area contributed by atoms with Gasteiger partial charge in [-0.3, -0.25) is 0 Å². The highest BCUT2D eigenvalue weighted by Gasteiger charge is 2.09. The van der Waals surface area contributed by atoms with Crippen molar-refractivity contribution >= 4 is 11.7 Å². The fourth-order valence-electron chi connectivity index (χ4n) is 2.15. The van der Waals surface area contributed by atoms with Gasteiger partial charge in [-0.05, 0) is 35.4 Å². The number of rotatable bonds is 4. The third-order valence-corrected chi connectivity index (χ3v) is 3.33. The quantitative estimate of drug-likeness (QED) is 0.680. The normalized spacial score (nSPS) is 9.04. The summed E-state index contributed by atoms with van der Waals surface area (Å²) in [6.45, 7) is 0. The summed E-state index contributed by atoms with van der Waals surface area (Å²) in [5.41, 5.74) is 2.14. The molecular formula is C19H12N4O2. The molecule has 25 heavy (non-hydrogen) atoms. The number of esters is 1. The topological polar surface area (TPSA) is 110 Å². The van der Waals surface area contributed by atoms with Crippen molar-refractivity contribution in [3.05, 3.63) is 65.4 Å². The summed E-state index contributed by atoms with van der Waals surface area (Å²) in [5.74, 6) is -0.432. The Bertz CT molecular complexity index is 956. The van der Waals surface area contributed by atoms with Crippen LogP contribution in [-0.4, -0.2) is 13.1 Å². The molecule has 0 bridgehead atoms. The Morgan fingerprint density at radius 3 is 2.20 bits per heavy atom. The molecule has 0 heterocycles. The Kier molecular flexibility index (Phi) is 5.50. The number of nitrogens with one attached hydrogen (secondary N) is 1. The van der Waals surface area contributed by atoms with Crippen LogP contribution in [0.1, 0.15) is 10.4 Å². The van der Waals surface area contributed by atoms with Crippen molar-refractivity contribution in [3.8, 4) is 29.3 Å². The zero-order valence-corrected chi connectivity index (χ0v) is 13.3. The molecule has 0 unspecified atom stereocenters. The second-order valence-electron chi connectivity index (χ2n) is 4.86. The largest absolute Gasteiger partial charge is 0.465 e. The van der Waals surface area contributed by atoms with Crippen molar-refractivity contribution in [3.63, 3.8) is 0 Å². The number of allylic oxidation sites excluding steroid dienone is 2. The van der Waals surface area contributed by atoms with Crippen molar-refractivity contribution in [1.82, 2.24) is 0 Å². The number of ether oxygens (including phenoxy) is 1. The molecule has 2 aromatic rings. The van der Waals surface area contributed by atoms with Gasteiger partial charge in [0, 0.05) is 5.69 Å². The van der Waals surface area contributed by atoms with Crippen LogP contribution in [-0.2, 0) is 4.74 Å². The highest BCUT2D eigenvalue weighted by Crippen LogP contribution is 2.24. The summed E-state index contributed by atoms with van der Waals surface area (Å²) >= 11 is 0. The number of anilines is 1. The SMILES string of the molecule is COC(=O)c1cccc(-c2cccc(NC(C#N)=C(C#N)C#N)c2)c1. The maximum atomic E-state index is 11.7. The average Bonchev–Trinajstić information content (AvgIpc) is 2.67. The summed E-state index contributed by atoms with van der Waals surface area (Å²) in [7, 11) is 1.32. The monoisotopic (exact) mass is 328 g/mol. The molecule has 6 nitrogen and oxygen atoms in total. The lowest BCUT2D eigenvalue weighted by Gasteiger charge is -2.08. The van der Waals surface area contributed by atoms with Crippen molar-refractivity contribution < 1.29 is 9.53 Å². The zero-order chi connectivity index (χ0) is 18.2. The summed E-state index contributed by atoms with van der Waals surface area (Å²) in [5, 5.41) is 29.6. The molecule has 0 amide bonds. The Morgan fingerprint density at radius 1 is 0.960 bits per heavy atom. The molecule has 2 aromatic carbocycles. The van der Waals surface area contributed by atoms with Crippen molar-refractivity contribution in [2.24, 2.45) is 0 Å². The van der Waals surface area contributed by atoms with Crippen LogP contribution in [0.5, 0.6) is 0 Å². The number of nitrogens with zero attached hydrogens (tertiary/aromatic N) is 3. The lowest BCUT2D eigenvalue weighted by Crippen LogP contribution is -2.01. The van der Waals surface area contributed by atoms with Gasteiger partial charge in [-0.15, -0.1) is 0 Å². The highest BCUT2D eigenvalue weighted by molar-refractivity contribution is 5.91. The second-order valence-corrected chi connectivity index (χ2v) is 4.86. The Morgan fingerprint density at radius 2 is 1.60 bits per heavy atom. The second kappa shape index (κ2) is 7.97. The molecule has 0 spiro atoms. The van der Waals surface area contributed by atoms with Gasteiger partial charge < -0.3 is 10.1 Å². The number of hydrogen-bond acceptors (Lipinski definition) is 6. The van der Waals surface area contributed by atoms with E-state index in [1.54, 1.807) is 54.6 Å². The Labute approximate surface area is 144 Å². The average molecular weight is 328 g/mol. The fraction of sp³-hybridized carbons (Fsp3) is 0.0526. The molecule has 0 saturated carbocycles. The van der Waals surface area contributed by atoms with Crippen molar-refractivity contribution in [1.29, 1.82) is 15.8 Å². The van der Waals surface area contributed by atoms with E-state index in [-0.39, 0.29) is 11.3 Å². The van der Waals surface area contributed by atoms with E-state index in [2.05, 4.69) is 5.32 Å². The molecule has 1 N–H and O–H groups in total. The van der Waals surface area contributed by atoms with E-state index in [9.17, 15) is 4.79 Å². The number of methoxy groups -OCH3 is 1. The first-order chi connectivity index (χ1) is 12.1. The summed E-state index contributed by atoms with van der Waals surface area (Å²) in [4.78, 5) is 11.7. The van der Waals surface area contributed by atoms with Gasteiger partial charge in [-0.2, -0.15) is 15.8 Å². The standard InChI is InChI=1S/C19H12N4O2/c1-25-19(24)15-6-2-4-13(8-15)14-5-3-7-17(9-14)23-18(12-22)16(10-20)11-21/h2-9,23H,1H3. The van der Waals surface area contributed by atoms with E-state index in [0.29, 0.717) is 11.3 Å². The highest BCUT2D eigenvalue weighted by atomic mass is 16.5. The van der Waals surface area contributed by atoms with Crippen LogP contribution in [0.3, 0.4) is 0 Å². The molecule has 6 heteroatoms. The minimum atomic E-state index is -0.432. The van der Waals surface area contributed by atoms with Crippen LogP contribution in [0.25, 0.3) is 11.1 Å². The van der Waals surface area contributed by atoms with Crippen LogP contribution in [0.2, 0.25) is 0 Å². The maximum absolute atomic E-state index is 11.7. The van der Waals surface area contributed by atoms with Gasteiger partial charge in [0.05, 0.1) is 12.7 Å².